The van der Waals surface area contributed by atoms with Crippen LogP contribution in [0.3, 0.4) is 0 Å². The minimum absolute atomic E-state index is 0.154. The zero-order chi connectivity index (χ0) is 14.8. The van der Waals surface area contributed by atoms with Gasteiger partial charge in [0.2, 0.25) is 5.90 Å². The minimum atomic E-state index is -1.23. The van der Waals surface area contributed by atoms with E-state index in [1.165, 1.54) is 0 Å². The number of hydrogen-bond acceptors (Lipinski definition) is 3. The van der Waals surface area contributed by atoms with Crippen LogP contribution in [-0.4, -0.2) is 22.8 Å². The third-order valence-corrected chi connectivity index (χ3v) is 4.81. The van der Waals surface area contributed by atoms with E-state index in [4.69, 9.17) is 4.74 Å². The predicted octanol–water partition coefficient (Wildman–Crippen LogP) is 3.33. The molecule has 0 aromatic heterocycles. The summed E-state index contributed by atoms with van der Waals surface area (Å²) in [5.74, 6) is 0.596. The maximum absolute atomic E-state index is 12.8. The second kappa shape index (κ2) is 5.82. The second-order valence-corrected chi connectivity index (χ2v) is 6.62. The topological polar surface area (TPSA) is 38.7 Å². The zero-order valence-corrected chi connectivity index (χ0v) is 12.9. The Labute approximate surface area is 127 Å². The third-order valence-electron chi connectivity index (χ3n) is 3.35. The Morgan fingerprint density at radius 3 is 2.52 bits per heavy atom. The van der Waals surface area contributed by atoms with Crippen molar-refractivity contribution in [3.63, 3.8) is 0 Å². The van der Waals surface area contributed by atoms with Gasteiger partial charge < -0.3 is 4.74 Å². The van der Waals surface area contributed by atoms with E-state index < -0.39 is 10.8 Å². The highest BCUT2D eigenvalue weighted by molar-refractivity contribution is 7.85. The van der Waals surface area contributed by atoms with Crippen LogP contribution in [0, 0.1) is 6.92 Å². The number of hydrogen-bond donors (Lipinski definition) is 0. The Balaban J connectivity index is 2.01. The van der Waals surface area contributed by atoms with Crippen LogP contribution in [-0.2, 0) is 15.5 Å². The molecule has 0 spiro atoms. The molecule has 21 heavy (non-hydrogen) atoms. The highest BCUT2D eigenvalue weighted by Crippen LogP contribution is 2.23. The first-order chi connectivity index (χ1) is 10.1. The lowest BCUT2D eigenvalue weighted by Gasteiger charge is -2.09. The number of ether oxygens (including phenoxy) is 1. The van der Waals surface area contributed by atoms with Crippen molar-refractivity contribution in [3.8, 4) is 0 Å². The molecule has 0 saturated carbocycles. The van der Waals surface area contributed by atoms with Gasteiger partial charge in [0.1, 0.15) is 6.61 Å². The van der Waals surface area contributed by atoms with Gasteiger partial charge in [-0.25, -0.2) is 9.20 Å². The Kier molecular flexibility index (Phi) is 3.88. The van der Waals surface area contributed by atoms with Gasteiger partial charge in [0.15, 0.2) is 0 Å². The molecule has 0 bridgehead atoms. The van der Waals surface area contributed by atoms with Gasteiger partial charge >= 0.3 is 0 Å². The van der Waals surface area contributed by atoms with Gasteiger partial charge in [-0.3, -0.25) is 0 Å². The molecular formula is C17H17NO2S. The van der Waals surface area contributed by atoms with E-state index in [1.54, 1.807) is 0 Å². The van der Waals surface area contributed by atoms with E-state index in [9.17, 15) is 4.21 Å². The maximum atomic E-state index is 12.8. The molecule has 0 saturated heterocycles. The van der Waals surface area contributed by atoms with Crippen LogP contribution < -0.4 is 0 Å². The number of aryl methyl sites for hydroxylation is 1. The van der Waals surface area contributed by atoms with Crippen molar-refractivity contribution in [2.24, 2.45) is 4.99 Å². The monoisotopic (exact) mass is 299 g/mol. The van der Waals surface area contributed by atoms with Gasteiger partial charge in [-0.1, -0.05) is 29.8 Å². The first-order valence-corrected chi connectivity index (χ1v) is 8.08. The molecule has 3 rings (SSSR count). The summed E-state index contributed by atoms with van der Waals surface area (Å²) in [6.45, 7) is 4.61. The van der Waals surface area contributed by atoms with Crippen LogP contribution in [0.25, 0.3) is 0 Å². The Morgan fingerprint density at radius 1 is 1.14 bits per heavy atom. The molecule has 108 valence electrons. The summed E-state index contributed by atoms with van der Waals surface area (Å²) in [6, 6.07) is 15.5. The molecule has 1 aliphatic heterocycles. The van der Waals surface area contributed by atoms with Gasteiger partial charge in [-0.2, -0.15) is 0 Å². The molecule has 2 aromatic rings. The van der Waals surface area contributed by atoms with Crippen LogP contribution in [0.15, 0.2) is 63.3 Å². The van der Waals surface area contributed by atoms with Crippen LogP contribution in [0.5, 0.6) is 0 Å². The van der Waals surface area contributed by atoms with Gasteiger partial charge in [0.25, 0.3) is 0 Å². The van der Waals surface area contributed by atoms with Crippen molar-refractivity contribution in [1.29, 1.82) is 0 Å². The first kappa shape index (κ1) is 14.0. The van der Waals surface area contributed by atoms with E-state index in [2.05, 4.69) is 4.99 Å². The summed E-state index contributed by atoms with van der Waals surface area (Å²) in [5.41, 5.74) is 1.97. The van der Waals surface area contributed by atoms with Crippen molar-refractivity contribution >= 4 is 16.7 Å². The summed E-state index contributed by atoms with van der Waals surface area (Å²) in [5, 5.41) is 0. The normalized spacial score (nSPS) is 19.0. The second-order valence-electron chi connectivity index (χ2n) is 5.17. The number of benzene rings is 2. The molecule has 0 amide bonds. The molecule has 0 fully saturated rings. The average Bonchev–Trinajstić information content (AvgIpc) is 2.94. The van der Waals surface area contributed by atoms with Crippen molar-refractivity contribution in [3.05, 3.63) is 59.7 Å². The summed E-state index contributed by atoms with van der Waals surface area (Å²) >= 11 is 0. The van der Waals surface area contributed by atoms with Crippen LogP contribution in [0.4, 0.5) is 0 Å². The van der Waals surface area contributed by atoms with Crippen LogP contribution >= 0.6 is 0 Å². The fourth-order valence-corrected chi connectivity index (χ4v) is 3.41. The van der Waals surface area contributed by atoms with Gasteiger partial charge in [-0.05, 0) is 38.1 Å². The number of nitrogens with zero attached hydrogens (tertiary/aromatic N) is 1. The molecule has 0 N–H and O–H groups in total. The molecule has 0 unspecified atom stereocenters. The molecule has 0 radical (unpaired) electrons. The molecule has 2 atom stereocenters. The van der Waals surface area contributed by atoms with Gasteiger partial charge in [0.05, 0.1) is 27.3 Å². The molecule has 1 heterocycles. The minimum Gasteiger partial charge on any atom is -0.475 e. The standard InChI is InChI=1S/C17H17NO2S/c1-12-7-9-14(10-8-12)21(19)16-6-4-3-5-15(16)17-18-13(2)11-20-17/h3-10,13H,11H2,1-2H3/t13-,21+/m1/s1. The Hall–Kier alpha value is -1.94. The highest BCUT2D eigenvalue weighted by atomic mass is 32.2. The van der Waals surface area contributed by atoms with Crippen LogP contribution in [0.2, 0.25) is 0 Å². The van der Waals surface area contributed by atoms with E-state index in [1.807, 2.05) is 62.4 Å². The number of rotatable bonds is 3. The largest absolute Gasteiger partial charge is 0.475 e. The van der Waals surface area contributed by atoms with Crippen molar-refractivity contribution in [2.45, 2.75) is 29.7 Å². The molecule has 0 aliphatic carbocycles. The van der Waals surface area contributed by atoms with Gasteiger partial charge in [0, 0.05) is 4.90 Å². The average molecular weight is 299 g/mol. The first-order valence-electron chi connectivity index (χ1n) is 6.93. The quantitative estimate of drug-likeness (QED) is 0.872. The fourth-order valence-electron chi connectivity index (χ4n) is 2.22. The lowest BCUT2D eigenvalue weighted by molar-refractivity contribution is 0.323. The van der Waals surface area contributed by atoms with E-state index >= 15 is 0 Å². The Morgan fingerprint density at radius 2 is 1.86 bits per heavy atom. The molecule has 2 aromatic carbocycles. The van der Waals surface area contributed by atoms with Crippen molar-refractivity contribution < 1.29 is 8.95 Å². The van der Waals surface area contributed by atoms with Gasteiger partial charge in [-0.15, -0.1) is 0 Å². The zero-order valence-electron chi connectivity index (χ0n) is 12.1. The van der Waals surface area contributed by atoms with Crippen molar-refractivity contribution in [2.75, 3.05) is 6.61 Å². The van der Waals surface area contributed by atoms with E-state index in [0.717, 1.165) is 20.9 Å². The molecule has 3 nitrogen and oxygen atoms in total. The molecular weight excluding hydrogens is 282 g/mol. The number of aliphatic imine (C=N–C) groups is 1. The van der Waals surface area contributed by atoms with E-state index in [-0.39, 0.29) is 6.04 Å². The summed E-state index contributed by atoms with van der Waals surface area (Å²) in [4.78, 5) is 6.01. The summed E-state index contributed by atoms with van der Waals surface area (Å²) < 4.78 is 18.4. The lowest BCUT2D eigenvalue weighted by atomic mass is 10.2. The molecule has 1 aliphatic rings. The Bertz CT molecular complexity index is 707. The maximum Gasteiger partial charge on any atom is 0.217 e. The third kappa shape index (κ3) is 2.90. The summed E-state index contributed by atoms with van der Waals surface area (Å²) in [6.07, 6.45) is 0. The lowest BCUT2D eigenvalue weighted by Crippen LogP contribution is -2.07. The molecule has 4 heteroatoms. The van der Waals surface area contributed by atoms with E-state index in [0.29, 0.717) is 12.5 Å². The predicted molar refractivity (Wildman–Crippen MR) is 84.2 cm³/mol. The van der Waals surface area contributed by atoms with Crippen LogP contribution in [0.1, 0.15) is 18.1 Å². The highest BCUT2D eigenvalue weighted by Gasteiger charge is 2.21. The SMILES string of the molecule is Cc1ccc([S@](=O)c2ccccc2C2=N[C@H](C)CO2)cc1. The van der Waals surface area contributed by atoms with Crippen molar-refractivity contribution in [1.82, 2.24) is 0 Å². The smallest absolute Gasteiger partial charge is 0.217 e. The fraction of sp³-hybridized carbons (Fsp3) is 0.235. The summed E-state index contributed by atoms with van der Waals surface area (Å²) in [7, 11) is -1.23.